The third kappa shape index (κ3) is 5.32. The summed E-state index contributed by atoms with van der Waals surface area (Å²) < 4.78 is 7.06. The molecule has 0 spiro atoms. The van der Waals surface area contributed by atoms with Crippen LogP contribution in [0.5, 0.6) is 5.75 Å². The van der Waals surface area contributed by atoms with E-state index in [4.69, 9.17) is 4.74 Å². The Labute approximate surface area is 164 Å². The Bertz CT molecular complexity index is 814. The van der Waals surface area contributed by atoms with E-state index in [1.54, 1.807) is 25.4 Å². The minimum absolute atomic E-state index is 0.133. The first-order chi connectivity index (χ1) is 13.5. The first-order valence-corrected chi connectivity index (χ1v) is 9.63. The molecule has 2 amide bonds. The predicted octanol–water partition coefficient (Wildman–Crippen LogP) is 1.10. The molecular weight excluding hydrogens is 358 g/mol. The van der Waals surface area contributed by atoms with Crippen LogP contribution >= 0.6 is 0 Å². The van der Waals surface area contributed by atoms with Crippen molar-refractivity contribution in [2.24, 2.45) is 0 Å². The van der Waals surface area contributed by atoms with Gasteiger partial charge in [0.15, 0.2) is 13.1 Å². The quantitative estimate of drug-likeness (QED) is 0.634. The highest BCUT2D eigenvalue weighted by Gasteiger charge is 2.21. The van der Waals surface area contributed by atoms with Gasteiger partial charge in [-0.05, 0) is 25.0 Å². The van der Waals surface area contributed by atoms with E-state index in [1.807, 2.05) is 29.9 Å². The van der Waals surface area contributed by atoms with E-state index in [1.165, 1.54) is 12.8 Å². The van der Waals surface area contributed by atoms with Crippen LogP contribution in [0.15, 0.2) is 36.5 Å². The van der Waals surface area contributed by atoms with E-state index in [9.17, 15) is 9.59 Å². The fraction of sp³-hybridized carbons (Fsp3) is 0.450. The number of carbonyl (C=O) groups excluding carboxylic acids is 2. The second-order valence-electron chi connectivity index (χ2n) is 7.24. The van der Waals surface area contributed by atoms with Crippen LogP contribution in [0.3, 0.4) is 0 Å². The molecule has 0 radical (unpaired) electrons. The number of nitrogens with one attached hydrogen (secondary N) is 3. The lowest BCUT2D eigenvalue weighted by molar-refractivity contribution is -0.862. The maximum atomic E-state index is 12.4. The molecule has 1 fully saturated rings. The molecular formula is C20H28N5O3+. The van der Waals surface area contributed by atoms with Gasteiger partial charge >= 0.3 is 0 Å². The molecule has 8 heteroatoms. The second kappa shape index (κ2) is 9.36. The van der Waals surface area contributed by atoms with Gasteiger partial charge in [0.05, 0.1) is 26.4 Å². The highest BCUT2D eigenvalue weighted by Crippen LogP contribution is 2.31. The van der Waals surface area contributed by atoms with Crippen LogP contribution in [0.25, 0.3) is 0 Å². The van der Waals surface area contributed by atoms with Gasteiger partial charge in [-0.25, -0.2) is 4.68 Å². The Balaban J connectivity index is 1.47. The number of ether oxygens (including phenoxy) is 1. The number of anilines is 2. The molecule has 3 rings (SSSR count). The first kappa shape index (κ1) is 19.9. The molecule has 1 unspecified atom stereocenters. The number of aromatic nitrogens is 2. The normalized spacial score (nSPS) is 15.2. The van der Waals surface area contributed by atoms with Gasteiger partial charge in [-0.2, -0.15) is 5.10 Å². The first-order valence-electron chi connectivity index (χ1n) is 9.63. The Morgan fingerprint density at radius 2 is 1.89 bits per heavy atom. The Morgan fingerprint density at radius 3 is 2.61 bits per heavy atom. The van der Waals surface area contributed by atoms with Gasteiger partial charge in [0.1, 0.15) is 11.6 Å². The van der Waals surface area contributed by atoms with Crippen molar-refractivity contribution in [1.82, 2.24) is 9.78 Å². The minimum Gasteiger partial charge on any atom is -0.497 e. The van der Waals surface area contributed by atoms with Crippen molar-refractivity contribution in [2.75, 3.05) is 37.9 Å². The molecule has 0 aliphatic heterocycles. The van der Waals surface area contributed by atoms with Crippen LogP contribution in [-0.2, 0) is 9.59 Å². The maximum Gasteiger partial charge on any atom is 0.280 e. The molecule has 28 heavy (non-hydrogen) atoms. The minimum atomic E-state index is -0.158. The number of quaternary nitrogens is 1. The molecule has 0 saturated heterocycles. The van der Waals surface area contributed by atoms with Gasteiger partial charge in [0, 0.05) is 17.8 Å². The summed E-state index contributed by atoms with van der Waals surface area (Å²) in [6.07, 6.45) is 6.31. The van der Waals surface area contributed by atoms with E-state index in [0.717, 1.165) is 23.6 Å². The van der Waals surface area contributed by atoms with Crippen molar-refractivity contribution in [1.29, 1.82) is 0 Å². The van der Waals surface area contributed by atoms with Crippen molar-refractivity contribution in [2.45, 2.75) is 31.7 Å². The topological polar surface area (TPSA) is 89.7 Å². The zero-order valence-corrected chi connectivity index (χ0v) is 16.4. The molecule has 0 bridgehead atoms. The summed E-state index contributed by atoms with van der Waals surface area (Å²) in [4.78, 5) is 25.4. The predicted molar refractivity (Wildman–Crippen MR) is 107 cm³/mol. The molecule has 2 aromatic rings. The number of amides is 2. The smallest absolute Gasteiger partial charge is 0.280 e. The van der Waals surface area contributed by atoms with Crippen LogP contribution in [0.1, 0.15) is 31.7 Å². The van der Waals surface area contributed by atoms with E-state index in [2.05, 4.69) is 15.7 Å². The largest absolute Gasteiger partial charge is 0.497 e. The van der Waals surface area contributed by atoms with E-state index in [0.29, 0.717) is 17.5 Å². The van der Waals surface area contributed by atoms with E-state index in [-0.39, 0.29) is 24.9 Å². The number of nitrogens with zero attached hydrogens (tertiary/aromatic N) is 2. The van der Waals surface area contributed by atoms with Gasteiger partial charge in [-0.3, -0.25) is 9.59 Å². The number of hydrogen-bond donors (Lipinski definition) is 3. The Hall–Kier alpha value is -2.87. The highest BCUT2D eigenvalue weighted by molar-refractivity contribution is 5.92. The number of likely N-dealkylation sites (N-methyl/N-ethyl adjacent to an activating group) is 1. The van der Waals surface area contributed by atoms with Crippen molar-refractivity contribution in [3.63, 3.8) is 0 Å². The number of hydrogen-bond acceptors (Lipinski definition) is 4. The number of methoxy groups -OCH3 is 1. The van der Waals surface area contributed by atoms with Gasteiger partial charge in [-0.1, -0.05) is 18.9 Å². The van der Waals surface area contributed by atoms with Crippen molar-refractivity contribution in [3.8, 4) is 5.75 Å². The van der Waals surface area contributed by atoms with E-state index < -0.39 is 0 Å². The van der Waals surface area contributed by atoms with Gasteiger partial charge in [0.2, 0.25) is 0 Å². The van der Waals surface area contributed by atoms with Crippen LogP contribution in [-0.4, -0.2) is 48.8 Å². The zero-order chi connectivity index (χ0) is 19.9. The van der Waals surface area contributed by atoms with Crippen LogP contribution < -0.4 is 20.3 Å². The van der Waals surface area contributed by atoms with Gasteiger partial charge < -0.3 is 20.3 Å². The lowest BCUT2D eigenvalue weighted by Crippen LogP contribution is -3.11. The average molecular weight is 386 g/mol. The summed E-state index contributed by atoms with van der Waals surface area (Å²) in [6.45, 7) is 0.383. The SMILES string of the molecule is COc1cccc(NC(=O)C[NH+](C)CC(=O)Nc2ccnn2C2CCCC2)c1. The summed E-state index contributed by atoms with van der Waals surface area (Å²) in [5, 5.41) is 10.1. The number of benzene rings is 1. The summed E-state index contributed by atoms with van der Waals surface area (Å²) in [5.41, 5.74) is 0.669. The molecule has 150 valence electrons. The molecule has 8 nitrogen and oxygen atoms in total. The molecule has 1 atom stereocenters. The van der Waals surface area contributed by atoms with Gasteiger partial charge in [-0.15, -0.1) is 0 Å². The van der Waals surface area contributed by atoms with Crippen molar-refractivity contribution >= 4 is 23.3 Å². The molecule has 1 aliphatic rings. The van der Waals surface area contributed by atoms with E-state index >= 15 is 0 Å². The molecule has 1 saturated carbocycles. The molecule has 1 aromatic heterocycles. The third-order valence-electron chi connectivity index (χ3n) is 4.89. The Kier molecular flexibility index (Phi) is 6.65. The fourth-order valence-electron chi connectivity index (χ4n) is 3.56. The zero-order valence-electron chi connectivity index (χ0n) is 16.4. The summed E-state index contributed by atoms with van der Waals surface area (Å²) >= 11 is 0. The molecule has 1 aromatic carbocycles. The van der Waals surface area contributed by atoms with Crippen molar-refractivity contribution in [3.05, 3.63) is 36.5 Å². The third-order valence-corrected chi connectivity index (χ3v) is 4.89. The molecule has 3 N–H and O–H groups in total. The number of rotatable bonds is 8. The standard InChI is InChI=1S/C20H27N5O3/c1-24(13-19(26)22-15-6-5-9-17(12-15)28-2)14-20(27)23-18-10-11-21-25(18)16-7-3-4-8-16/h5-6,9-12,16H,3-4,7-8,13-14H2,1-2H3,(H,22,26)(H,23,27)/p+1. The van der Waals surface area contributed by atoms with Crippen molar-refractivity contribution < 1.29 is 19.2 Å². The van der Waals surface area contributed by atoms with Crippen LogP contribution in [0, 0.1) is 0 Å². The van der Waals surface area contributed by atoms with Crippen LogP contribution in [0.4, 0.5) is 11.5 Å². The van der Waals surface area contributed by atoms with Crippen LogP contribution in [0.2, 0.25) is 0 Å². The fourth-order valence-corrected chi connectivity index (χ4v) is 3.56. The summed E-state index contributed by atoms with van der Waals surface area (Å²) in [5.74, 6) is 1.11. The lowest BCUT2D eigenvalue weighted by Gasteiger charge is -2.16. The Morgan fingerprint density at radius 1 is 1.18 bits per heavy atom. The second-order valence-corrected chi connectivity index (χ2v) is 7.24. The maximum absolute atomic E-state index is 12.4. The average Bonchev–Trinajstić information content (AvgIpc) is 3.32. The molecule has 1 heterocycles. The number of carbonyl (C=O) groups is 2. The summed E-state index contributed by atoms with van der Waals surface area (Å²) in [7, 11) is 3.40. The molecule has 1 aliphatic carbocycles. The highest BCUT2D eigenvalue weighted by atomic mass is 16.5. The lowest BCUT2D eigenvalue weighted by atomic mass is 10.2. The van der Waals surface area contributed by atoms with Gasteiger partial charge in [0.25, 0.3) is 11.8 Å². The monoisotopic (exact) mass is 386 g/mol. The summed E-state index contributed by atoms with van der Waals surface area (Å²) in [6, 6.07) is 9.36.